The molecule has 2 rings (SSSR count). The summed E-state index contributed by atoms with van der Waals surface area (Å²) in [5.41, 5.74) is 0.614. The van der Waals surface area contributed by atoms with Crippen LogP contribution in [0.15, 0.2) is 16.7 Å². The molecule has 116 valence electrons. The fourth-order valence-corrected chi connectivity index (χ4v) is 3.19. The highest BCUT2D eigenvalue weighted by molar-refractivity contribution is 9.10. The van der Waals surface area contributed by atoms with E-state index in [1.54, 1.807) is 6.20 Å². The maximum atomic E-state index is 12.5. The third-order valence-corrected chi connectivity index (χ3v) is 4.54. The smallest absolute Gasteiger partial charge is 0.255 e. The summed E-state index contributed by atoms with van der Waals surface area (Å²) in [6, 6.07) is 2.06. The zero-order valence-electron chi connectivity index (χ0n) is 12.8. The Morgan fingerprint density at radius 3 is 2.86 bits per heavy atom. The van der Waals surface area contributed by atoms with Crippen LogP contribution in [0.3, 0.4) is 0 Å². The van der Waals surface area contributed by atoms with Crippen LogP contribution in [0, 0.1) is 5.92 Å². The van der Waals surface area contributed by atoms with Crippen molar-refractivity contribution in [2.75, 3.05) is 11.9 Å². The molecule has 2 N–H and O–H groups in total. The van der Waals surface area contributed by atoms with Crippen LogP contribution >= 0.6 is 15.9 Å². The summed E-state index contributed by atoms with van der Waals surface area (Å²) in [5.74, 6) is 1.24. The van der Waals surface area contributed by atoms with E-state index in [9.17, 15) is 4.79 Å². The SMILES string of the molecule is CCCNc1ncc(Br)cc1C(=O)NC(C)C1CCCC1. The van der Waals surface area contributed by atoms with Gasteiger partial charge in [-0.2, -0.15) is 0 Å². The average molecular weight is 354 g/mol. The summed E-state index contributed by atoms with van der Waals surface area (Å²) in [6.45, 7) is 5.01. The molecule has 1 aliphatic rings. The van der Waals surface area contributed by atoms with Gasteiger partial charge in [0.25, 0.3) is 5.91 Å². The van der Waals surface area contributed by atoms with Crippen LogP contribution in [0.4, 0.5) is 5.82 Å². The second-order valence-electron chi connectivity index (χ2n) is 5.78. The Bertz CT molecular complexity index is 486. The minimum absolute atomic E-state index is 0.0400. The van der Waals surface area contributed by atoms with Crippen LogP contribution in [-0.2, 0) is 0 Å². The maximum absolute atomic E-state index is 12.5. The van der Waals surface area contributed by atoms with Crippen molar-refractivity contribution in [3.05, 3.63) is 22.3 Å². The minimum Gasteiger partial charge on any atom is -0.369 e. The van der Waals surface area contributed by atoms with Crippen LogP contribution in [-0.4, -0.2) is 23.5 Å². The molecule has 1 atom stereocenters. The van der Waals surface area contributed by atoms with Crippen molar-refractivity contribution in [1.82, 2.24) is 10.3 Å². The standard InChI is InChI=1S/C16H24BrN3O/c1-3-8-18-15-14(9-13(17)10-19-15)16(21)20-11(2)12-6-4-5-7-12/h9-12H,3-8H2,1-2H3,(H,18,19)(H,20,21). The van der Waals surface area contributed by atoms with Gasteiger partial charge in [0.15, 0.2) is 0 Å². The summed E-state index contributed by atoms with van der Waals surface area (Å²) in [5, 5.41) is 6.36. The number of aromatic nitrogens is 1. The molecule has 1 unspecified atom stereocenters. The molecule has 0 radical (unpaired) electrons. The van der Waals surface area contributed by atoms with Gasteiger partial charge in [0, 0.05) is 23.3 Å². The summed E-state index contributed by atoms with van der Waals surface area (Å²) in [4.78, 5) is 16.9. The lowest BCUT2D eigenvalue weighted by atomic mass is 9.99. The molecule has 1 saturated carbocycles. The first-order valence-electron chi connectivity index (χ1n) is 7.82. The summed E-state index contributed by atoms with van der Waals surface area (Å²) in [6.07, 6.45) is 7.73. The second-order valence-corrected chi connectivity index (χ2v) is 6.70. The molecule has 0 aromatic carbocycles. The van der Waals surface area contributed by atoms with Crippen LogP contribution in [0.2, 0.25) is 0 Å². The van der Waals surface area contributed by atoms with Gasteiger partial charge in [0.2, 0.25) is 0 Å². The largest absolute Gasteiger partial charge is 0.369 e. The normalized spacial score (nSPS) is 16.7. The molecule has 1 aromatic heterocycles. The molecule has 1 fully saturated rings. The highest BCUT2D eigenvalue weighted by Crippen LogP contribution is 2.28. The van der Waals surface area contributed by atoms with Crippen molar-refractivity contribution in [3.8, 4) is 0 Å². The van der Waals surface area contributed by atoms with Crippen molar-refractivity contribution < 1.29 is 4.79 Å². The topological polar surface area (TPSA) is 54.0 Å². The van der Waals surface area contributed by atoms with E-state index in [4.69, 9.17) is 0 Å². The molecule has 1 heterocycles. The van der Waals surface area contributed by atoms with Crippen molar-refractivity contribution in [2.45, 2.75) is 52.0 Å². The number of pyridine rings is 1. The molecule has 1 amide bonds. The van der Waals surface area contributed by atoms with E-state index in [2.05, 4.69) is 45.4 Å². The third-order valence-electron chi connectivity index (χ3n) is 4.11. The molecule has 0 spiro atoms. The van der Waals surface area contributed by atoms with Gasteiger partial charge in [-0.15, -0.1) is 0 Å². The number of anilines is 1. The van der Waals surface area contributed by atoms with Crippen molar-refractivity contribution in [1.29, 1.82) is 0 Å². The summed E-state index contributed by atoms with van der Waals surface area (Å²) >= 11 is 3.40. The molecule has 0 saturated heterocycles. The molecule has 5 heteroatoms. The van der Waals surface area contributed by atoms with E-state index >= 15 is 0 Å². The predicted molar refractivity (Wildman–Crippen MR) is 89.6 cm³/mol. The van der Waals surface area contributed by atoms with Crippen LogP contribution in [0.25, 0.3) is 0 Å². The Balaban J connectivity index is 2.07. The molecule has 4 nitrogen and oxygen atoms in total. The van der Waals surface area contributed by atoms with Crippen LogP contribution in [0.5, 0.6) is 0 Å². The van der Waals surface area contributed by atoms with Crippen LogP contribution < -0.4 is 10.6 Å². The molecule has 0 aliphatic heterocycles. The molecular formula is C16H24BrN3O. The van der Waals surface area contributed by atoms with E-state index < -0.39 is 0 Å². The Hall–Kier alpha value is -1.10. The van der Waals surface area contributed by atoms with Gasteiger partial charge in [0.1, 0.15) is 5.82 Å². The van der Waals surface area contributed by atoms with E-state index in [0.717, 1.165) is 17.4 Å². The highest BCUT2D eigenvalue weighted by Gasteiger charge is 2.24. The lowest BCUT2D eigenvalue weighted by molar-refractivity contribution is 0.0927. The van der Waals surface area contributed by atoms with Gasteiger partial charge < -0.3 is 10.6 Å². The summed E-state index contributed by atoms with van der Waals surface area (Å²) in [7, 11) is 0. The van der Waals surface area contributed by atoms with Gasteiger partial charge in [-0.1, -0.05) is 19.8 Å². The Kier molecular flexibility index (Phi) is 6.03. The van der Waals surface area contributed by atoms with Gasteiger partial charge in [-0.25, -0.2) is 4.98 Å². The summed E-state index contributed by atoms with van der Waals surface area (Å²) < 4.78 is 0.822. The number of nitrogens with one attached hydrogen (secondary N) is 2. The first kappa shape index (κ1) is 16.3. The zero-order chi connectivity index (χ0) is 15.2. The number of halogens is 1. The number of amides is 1. The number of nitrogens with zero attached hydrogens (tertiary/aromatic N) is 1. The van der Waals surface area contributed by atoms with Gasteiger partial charge in [-0.3, -0.25) is 4.79 Å². The quantitative estimate of drug-likeness (QED) is 0.813. The first-order valence-corrected chi connectivity index (χ1v) is 8.61. The lowest BCUT2D eigenvalue weighted by Gasteiger charge is -2.21. The van der Waals surface area contributed by atoms with E-state index in [1.807, 2.05) is 6.07 Å². The van der Waals surface area contributed by atoms with Crippen LogP contribution in [0.1, 0.15) is 56.3 Å². The minimum atomic E-state index is -0.0400. The molecule has 0 bridgehead atoms. The number of hydrogen-bond acceptors (Lipinski definition) is 3. The lowest BCUT2D eigenvalue weighted by Crippen LogP contribution is -2.37. The Labute approximate surface area is 135 Å². The fourth-order valence-electron chi connectivity index (χ4n) is 2.86. The van der Waals surface area contributed by atoms with E-state index in [-0.39, 0.29) is 11.9 Å². The molecular weight excluding hydrogens is 330 g/mol. The number of carbonyl (C=O) groups is 1. The van der Waals surface area contributed by atoms with E-state index in [1.165, 1.54) is 25.7 Å². The number of rotatable bonds is 6. The predicted octanol–water partition coefficient (Wildman–Crippen LogP) is 3.97. The number of hydrogen-bond donors (Lipinski definition) is 2. The van der Waals surface area contributed by atoms with Gasteiger partial charge >= 0.3 is 0 Å². The fraction of sp³-hybridized carbons (Fsp3) is 0.625. The zero-order valence-corrected chi connectivity index (χ0v) is 14.4. The van der Waals surface area contributed by atoms with Gasteiger partial charge in [-0.05, 0) is 54.1 Å². The third kappa shape index (κ3) is 4.43. The van der Waals surface area contributed by atoms with Gasteiger partial charge in [0.05, 0.1) is 5.56 Å². The molecule has 21 heavy (non-hydrogen) atoms. The monoisotopic (exact) mass is 353 g/mol. The van der Waals surface area contributed by atoms with E-state index in [0.29, 0.717) is 17.3 Å². The molecule has 1 aliphatic carbocycles. The number of carbonyl (C=O) groups excluding carboxylic acids is 1. The van der Waals surface area contributed by atoms with Crippen molar-refractivity contribution in [3.63, 3.8) is 0 Å². The Morgan fingerprint density at radius 1 is 1.48 bits per heavy atom. The second kappa shape index (κ2) is 7.78. The Morgan fingerprint density at radius 2 is 2.19 bits per heavy atom. The average Bonchev–Trinajstić information content (AvgIpc) is 3.00. The molecule has 1 aromatic rings. The van der Waals surface area contributed by atoms with Crippen molar-refractivity contribution in [2.24, 2.45) is 5.92 Å². The first-order chi connectivity index (χ1) is 10.1. The highest BCUT2D eigenvalue weighted by atomic mass is 79.9. The maximum Gasteiger partial charge on any atom is 0.255 e. The van der Waals surface area contributed by atoms with Crippen molar-refractivity contribution >= 4 is 27.7 Å².